The molecule has 46 heavy (non-hydrogen) atoms. The standard InChI is InChI=1S/C36H32N4O5.ClH/c1-44-31-18-29-24(16-32(31)45-26-8-2-3-9-26)15-25(20-41)30(21-42)34(29)22-12-14-38-33(17-22)40-36(43)28-11-5-4-10-27(28)35(39-40)23-7-6-13-37-19-23;/h4-7,10-19,26,41-42H,2-3,8-9,20-21H2,1H3;1H. The molecule has 0 amide bonds. The lowest BCUT2D eigenvalue weighted by Gasteiger charge is -2.20. The number of hydrogen-bond donors (Lipinski definition) is 2. The maximum atomic E-state index is 13.8. The van der Waals surface area contributed by atoms with Gasteiger partial charge in [-0.3, -0.25) is 4.79 Å². The Hall–Kier alpha value is -4.83. The highest BCUT2D eigenvalue weighted by Gasteiger charge is 2.22. The van der Waals surface area contributed by atoms with Gasteiger partial charge in [0.25, 0.3) is 5.56 Å². The van der Waals surface area contributed by atoms with Crippen LogP contribution in [0.5, 0.6) is 11.5 Å². The van der Waals surface area contributed by atoms with Gasteiger partial charge in [0.15, 0.2) is 29.7 Å². The zero-order valence-corrected chi connectivity index (χ0v) is 26.0. The summed E-state index contributed by atoms with van der Waals surface area (Å²) in [7, 11) is 1.61. The van der Waals surface area contributed by atoms with Crippen LogP contribution in [0.25, 0.3) is 49.7 Å². The molecule has 0 atom stereocenters. The van der Waals surface area contributed by atoms with E-state index in [4.69, 9.17) is 14.6 Å². The minimum atomic E-state index is -0.301. The van der Waals surface area contributed by atoms with Crippen LogP contribution in [0, 0.1) is 0 Å². The van der Waals surface area contributed by atoms with Crippen molar-refractivity contribution in [1.29, 1.82) is 0 Å². The fourth-order valence-electron chi connectivity index (χ4n) is 6.39. The third-order valence-electron chi connectivity index (χ3n) is 8.59. The van der Waals surface area contributed by atoms with Gasteiger partial charge in [-0.25, -0.2) is 9.97 Å². The van der Waals surface area contributed by atoms with E-state index in [0.29, 0.717) is 50.7 Å². The van der Waals surface area contributed by atoms with Gasteiger partial charge in [0.2, 0.25) is 0 Å². The molecule has 0 saturated heterocycles. The summed E-state index contributed by atoms with van der Waals surface area (Å²) >= 11 is 0. The Morgan fingerprint density at radius 1 is 0.913 bits per heavy atom. The summed E-state index contributed by atoms with van der Waals surface area (Å²) in [6.45, 7) is -0.560. The second-order valence-corrected chi connectivity index (χ2v) is 11.3. The molecule has 0 bridgehead atoms. The van der Waals surface area contributed by atoms with Crippen LogP contribution in [-0.2, 0) is 13.2 Å². The van der Waals surface area contributed by atoms with Gasteiger partial charge >= 0.3 is 0 Å². The summed E-state index contributed by atoms with van der Waals surface area (Å²) in [5.41, 5.74) is 3.74. The number of aliphatic hydroxyl groups is 2. The molecule has 0 aliphatic heterocycles. The number of fused-ring (bicyclic) bond motifs is 2. The van der Waals surface area contributed by atoms with E-state index in [0.717, 1.165) is 47.4 Å². The first-order chi connectivity index (χ1) is 22.1. The van der Waals surface area contributed by atoms with E-state index in [1.807, 2.05) is 67.0 Å². The molecule has 7 rings (SSSR count). The summed E-state index contributed by atoms with van der Waals surface area (Å²) in [5.74, 6) is 1.56. The predicted octanol–water partition coefficient (Wildman–Crippen LogP) is 2.40. The molecule has 3 aromatic carbocycles. The number of methoxy groups -OCH3 is 1. The highest BCUT2D eigenvalue weighted by atomic mass is 35.5. The van der Waals surface area contributed by atoms with Crippen molar-refractivity contribution in [2.75, 3.05) is 7.11 Å². The zero-order valence-electron chi connectivity index (χ0n) is 25.2. The predicted molar refractivity (Wildman–Crippen MR) is 171 cm³/mol. The number of nitrogens with zero attached hydrogens (tertiary/aromatic N) is 3. The van der Waals surface area contributed by atoms with Crippen LogP contribution in [0.15, 0.2) is 90.1 Å². The molecule has 3 aromatic heterocycles. The minimum Gasteiger partial charge on any atom is -1.00 e. The van der Waals surface area contributed by atoms with Crippen molar-refractivity contribution < 1.29 is 37.1 Å². The number of H-pyrrole nitrogens is 1. The zero-order chi connectivity index (χ0) is 30.9. The van der Waals surface area contributed by atoms with Crippen LogP contribution in [0.2, 0.25) is 0 Å². The smallest absolute Gasteiger partial charge is 0.280 e. The number of rotatable bonds is 8. The Morgan fingerprint density at radius 2 is 1.72 bits per heavy atom. The van der Waals surface area contributed by atoms with Crippen molar-refractivity contribution in [2.24, 2.45) is 0 Å². The van der Waals surface area contributed by atoms with E-state index in [1.165, 1.54) is 4.68 Å². The minimum absolute atomic E-state index is 0. The van der Waals surface area contributed by atoms with Gasteiger partial charge in [-0.15, -0.1) is 0 Å². The number of aromatic nitrogens is 4. The molecule has 10 heteroatoms. The second-order valence-electron chi connectivity index (χ2n) is 11.3. The molecule has 3 N–H and O–H groups in total. The van der Waals surface area contributed by atoms with Crippen LogP contribution in [0.4, 0.5) is 0 Å². The molecule has 234 valence electrons. The number of aromatic amines is 1. The molecule has 0 radical (unpaired) electrons. The number of ether oxygens (including phenoxy) is 2. The van der Waals surface area contributed by atoms with Crippen molar-refractivity contribution in [1.82, 2.24) is 14.8 Å². The summed E-state index contributed by atoms with van der Waals surface area (Å²) in [6, 6.07) is 20.6. The second kappa shape index (κ2) is 13.3. The Labute approximate surface area is 271 Å². The molecule has 3 heterocycles. The van der Waals surface area contributed by atoms with E-state index in [1.54, 1.807) is 25.4 Å². The SMILES string of the molecule is COc1cc2c(-c3ccnc(-n4nc(-c5ccc[nH+]c5)c5ccccc5c4=O)c3)c(CO)c(CO)cc2cc1OC1CCCC1.[Cl-]. The van der Waals surface area contributed by atoms with Crippen molar-refractivity contribution in [3.05, 3.63) is 107 Å². The van der Waals surface area contributed by atoms with E-state index in [9.17, 15) is 15.0 Å². The summed E-state index contributed by atoms with van der Waals surface area (Å²) in [6.07, 6.45) is 9.71. The Kier molecular flexibility index (Phi) is 8.99. The Bertz CT molecular complexity index is 2100. The Balaban J connectivity index is 0.00000372. The van der Waals surface area contributed by atoms with Gasteiger partial charge in [-0.05, 0) is 101 Å². The molecular formula is C36H33ClN4O5. The molecule has 1 aliphatic carbocycles. The maximum absolute atomic E-state index is 13.8. The Morgan fingerprint density at radius 3 is 2.43 bits per heavy atom. The molecule has 0 unspecified atom stereocenters. The first-order valence-corrected chi connectivity index (χ1v) is 15.1. The van der Waals surface area contributed by atoms with Gasteiger partial charge < -0.3 is 32.1 Å². The van der Waals surface area contributed by atoms with E-state index in [2.05, 4.69) is 9.97 Å². The third kappa shape index (κ3) is 5.58. The molecule has 1 aliphatic rings. The first-order valence-electron chi connectivity index (χ1n) is 15.1. The van der Waals surface area contributed by atoms with E-state index >= 15 is 0 Å². The van der Waals surface area contributed by atoms with Crippen molar-refractivity contribution in [3.63, 3.8) is 0 Å². The van der Waals surface area contributed by atoms with Crippen molar-refractivity contribution in [3.8, 4) is 39.7 Å². The normalized spacial score (nSPS) is 13.2. The lowest BCUT2D eigenvalue weighted by molar-refractivity contribution is -0.377. The number of hydrogen-bond acceptors (Lipinski definition) is 7. The van der Waals surface area contributed by atoms with Crippen LogP contribution in [0.3, 0.4) is 0 Å². The summed E-state index contributed by atoms with van der Waals surface area (Å²) in [4.78, 5) is 21.5. The third-order valence-corrected chi connectivity index (χ3v) is 8.59. The molecule has 9 nitrogen and oxygen atoms in total. The van der Waals surface area contributed by atoms with Crippen molar-refractivity contribution in [2.45, 2.75) is 45.0 Å². The average molecular weight is 637 g/mol. The molecule has 6 aromatic rings. The van der Waals surface area contributed by atoms with Crippen molar-refractivity contribution >= 4 is 21.5 Å². The van der Waals surface area contributed by atoms with Crippen LogP contribution in [-0.4, -0.2) is 38.2 Å². The summed E-state index contributed by atoms with van der Waals surface area (Å²) < 4.78 is 13.5. The number of pyridine rings is 2. The number of halogens is 1. The molecule has 0 spiro atoms. The lowest BCUT2D eigenvalue weighted by atomic mass is 9.90. The van der Waals surface area contributed by atoms with Gasteiger partial charge in [0.1, 0.15) is 5.69 Å². The van der Waals surface area contributed by atoms with Gasteiger partial charge in [0, 0.05) is 17.6 Å². The highest BCUT2D eigenvalue weighted by molar-refractivity contribution is 6.01. The molecular weight excluding hydrogens is 604 g/mol. The largest absolute Gasteiger partial charge is 1.00 e. The molecule has 1 saturated carbocycles. The summed E-state index contributed by atoms with van der Waals surface area (Å²) in [5, 5.41) is 28.6. The van der Waals surface area contributed by atoms with Gasteiger partial charge in [-0.2, -0.15) is 9.78 Å². The van der Waals surface area contributed by atoms with E-state index in [-0.39, 0.29) is 37.3 Å². The van der Waals surface area contributed by atoms with Crippen LogP contribution < -0.4 is 32.4 Å². The topological polar surface area (TPSA) is 121 Å². The lowest BCUT2D eigenvalue weighted by Crippen LogP contribution is -3.00. The highest BCUT2D eigenvalue weighted by Crippen LogP contribution is 2.42. The quantitative estimate of drug-likeness (QED) is 0.263. The number of aliphatic hydroxyl groups excluding tert-OH is 2. The number of nitrogens with one attached hydrogen (secondary N) is 1. The fourth-order valence-corrected chi connectivity index (χ4v) is 6.39. The van der Waals surface area contributed by atoms with Crippen LogP contribution in [0.1, 0.15) is 36.8 Å². The first kappa shape index (κ1) is 31.2. The fraction of sp³-hybridized carbons (Fsp3) is 0.222. The van der Waals surface area contributed by atoms with Crippen LogP contribution >= 0.6 is 0 Å². The number of benzene rings is 3. The van der Waals surface area contributed by atoms with E-state index < -0.39 is 0 Å². The monoisotopic (exact) mass is 636 g/mol. The van der Waals surface area contributed by atoms with Gasteiger partial charge in [0.05, 0.1) is 37.4 Å². The van der Waals surface area contributed by atoms with Gasteiger partial charge in [-0.1, -0.05) is 18.2 Å². The average Bonchev–Trinajstić information content (AvgIpc) is 3.61. The maximum Gasteiger partial charge on any atom is 0.280 e. The molecule has 1 fully saturated rings.